The molecular weight excluding hydrogens is 260 g/mol. The predicted molar refractivity (Wildman–Crippen MR) is 78.8 cm³/mol. The van der Waals surface area contributed by atoms with Gasteiger partial charge in [-0.1, -0.05) is 18.3 Å². The van der Waals surface area contributed by atoms with Crippen LogP contribution in [0.3, 0.4) is 0 Å². The summed E-state index contributed by atoms with van der Waals surface area (Å²) in [5.41, 5.74) is 1.07. The average Bonchev–Trinajstić information content (AvgIpc) is 2.78. The summed E-state index contributed by atoms with van der Waals surface area (Å²) in [4.78, 5) is 19.4. The first-order chi connectivity index (χ1) is 9.11. The quantitative estimate of drug-likeness (QED) is 0.858. The van der Waals surface area contributed by atoms with Crippen molar-refractivity contribution < 1.29 is 4.79 Å². The standard InChI is InChI=1S/C13H22N4OS/c1-4-5-14-9(2)12-10(3)16-13(19-12)17-7-6-15-11(18)8-17/h9,14H,4-8H2,1-3H3,(H,15,18). The van der Waals surface area contributed by atoms with Gasteiger partial charge in [-0.25, -0.2) is 4.98 Å². The van der Waals surface area contributed by atoms with E-state index in [1.807, 2.05) is 6.92 Å². The van der Waals surface area contributed by atoms with E-state index in [-0.39, 0.29) is 5.91 Å². The second kappa shape index (κ2) is 6.34. The van der Waals surface area contributed by atoms with Crippen molar-refractivity contribution in [1.82, 2.24) is 15.6 Å². The van der Waals surface area contributed by atoms with Gasteiger partial charge in [0, 0.05) is 24.0 Å². The number of thiazole rings is 1. The minimum atomic E-state index is 0.0813. The van der Waals surface area contributed by atoms with E-state index >= 15 is 0 Å². The zero-order valence-corrected chi connectivity index (χ0v) is 12.6. The second-order valence-corrected chi connectivity index (χ2v) is 5.90. The number of aromatic nitrogens is 1. The molecule has 1 aliphatic rings. The Morgan fingerprint density at radius 3 is 3.05 bits per heavy atom. The molecule has 6 heteroatoms. The number of anilines is 1. The van der Waals surface area contributed by atoms with Gasteiger partial charge in [0.1, 0.15) is 0 Å². The summed E-state index contributed by atoms with van der Waals surface area (Å²) >= 11 is 1.70. The minimum Gasteiger partial charge on any atom is -0.353 e. The third-order valence-corrected chi connectivity index (χ3v) is 4.62. The molecule has 0 aromatic carbocycles. The topological polar surface area (TPSA) is 57.3 Å². The summed E-state index contributed by atoms with van der Waals surface area (Å²) < 4.78 is 0. The third kappa shape index (κ3) is 3.45. The van der Waals surface area contributed by atoms with Gasteiger partial charge in [-0.15, -0.1) is 0 Å². The summed E-state index contributed by atoms with van der Waals surface area (Å²) in [7, 11) is 0. The Bertz CT molecular complexity index is 446. The fourth-order valence-corrected chi connectivity index (χ4v) is 3.30. The molecule has 0 aliphatic carbocycles. The van der Waals surface area contributed by atoms with Crippen LogP contribution in [0.15, 0.2) is 0 Å². The van der Waals surface area contributed by atoms with Crippen LogP contribution >= 0.6 is 11.3 Å². The van der Waals surface area contributed by atoms with Gasteiger partial charge in [0.15, 0.2) is 5.13 Å². The SMILES string of the molecule is CCCNC(C)c1sc(N2CCNC(=O)C2)nc1C. The molecule has 0 spiro atoms. The lowest BCUT2D eigenvalue weighted by molar-refractivity contribution is -0.120. The van der Waals surface area contributed by atoms with Crippen LogP contribution in [0.4, 0.5) is 5.13 Å². The minimum absolute atomic E-state index is 0.0813. The van der Waals surface area contributed by atoms with Crippen molar-refractivity contribution in [2.75, 3.05) is 31.1 Å². The Morgan fingerprint density at radius 1 is 1.58 bits per heavy atom. The van der Waals surface area contributed by atoms with Gasteiger partial charge < -0.3 is 15.5 Å². The molecule has 1 unspecified atom stereocenters. The number of rotatable bonds is 5. The number of hydrogen-bond acceptors (Lipinski definition) is 5. The highest BCUT2D eigenvalue weighted by atomic mass is 32.1. The Balaban J connectivity index is 2.09. The van der Waals surface area contributed by atoms with Crippen LogP contribution in [0.1, 0.15) is 36.9 Å². The number of carbonyl (C=O) groups excluding carboxylic acids is 1. The Morgan fingerprint density at radius 2 is 2.37 bits per heavy atom. The first-order valence-electron chi connectivity index (χ1n) is 6.84. The Kier molecular flexibility index (Phi) is 4.76. The molecule has 106 valence electrons. The lowest BCUT2D eigenvalue weighted by Gasteiger charge is -2.25. The summed E-state index contributed by atoms with van der Waals surface area (Å²) in [5.74, 6) is 0.0813. The number of nitrogens with zero attached hydrogens (tertiary/aromatic N) is 2. The lowest BCUT2D eigenvalue weighted by atomic mass is 10.2. The number of hydrogen-bond donors (Lipinski definition) is 2. The van der Waals surface area contributed by atoms with Gasteiger partial charge in [0.25, 0.3) is 0 Å². The van der Waals surface area contributed by atoms with Crippen LogP contribution in [-0.2, 0) is 4.79 Å². The molecule has 1 aromatic heterocycles. The maximum absolute atomic E-state index is 11.4. The van der Waals surface area contributed by atoms with Gasteiger partial charge >= 0.3 is 0 Å². The molecule has 2 N–H and O–H groups in total. The maximum Gasteiger partial charge on any atom is 0.239 e. The van der Waals surface area contributed by atoms with E-state index in [1.54, 1.807) is 11.3 Å². The molecule has 1 aromatic rings. The number of amides is 1. The maximum atomic E-state index is 11.4. The number of piperazine rings is 1. The summed E-state index contributed by atoms with van der Waals surface area (Å²) in [6.45, 7) is 9.36. The predicted octanol–water partition coefficient (Wildman–Crippen LogP) is 1.45. The third-order valence-electron chi connectivity index (χ3n) is 3.22. The van der Waals surface area contributed by atoms with Crippen LogP contribution in [0.2, 0.25) is 0 Å². The van der Waals surface area contributed by atoms with Crippen molar-refractivity contribution in [3.8, 4) is 0 Å². The molecule has 0 saturated carbocycles. The van der Waals surface area contributed by atoms with Gasteiger partial charge in [0.05, 0.1) is 12.2 Å². The molecular formula is C13H22N4OS. The molecule has 5 nitrogen and oxygen atoms in total. The van der Waals surface area contributed by atoms with Gasteiger partial charge in [0.2, 0.25) is 5.91 Å². The number of carbonyl (C=O) groups is 1. The molecule has 1 fully saturated rings. The number of aryl methyl sites for hydroxylation is 1. The van der Waals surface area contributed by atoms with E-state index in [0.717, 1.165) is 30.3 Å². The van der Waals surface area contributed by atoms with E-state index in [1.165, 1.54) is 4.88 Å². The molecule has 2 rings (SSSR count). The average molecular weight is 282 g/mol. The fourth-order valence-electron chi connectivity index (χ4n) is 2.19. The molecule has 1 atom stereocenters. The zero-order valence-electron chi connectivity index (χ0n) is 11.8. The molecule has 0 bridgehead atoms. The Hall–Kier alpha value is -1.14. The van der Waals surface area contributed by atoms with Crippen LogP contribution in [-0.4, -0.2) is 37.1 Å². The van der Waals surface area contributed by atoms with Crippen molar-refractivity contribution in [3.63, 3.8) is 0 Å². The van der Waals surface area contributed by atoms with Gasteiger partial charge in [-0.2, -0.15) is 0 Å². The molecule has 1 amide bonds. The monoisotopic (exact) mass is 282 g/mol. The molecule has 2 heterocycles. The highest BCUT2D eigenvalue weighted by Gasteiger charge is 2.21. The smallest absolute Gasteiger partial charge is 0.239 e. The first-order valence-corrected chi connectivity index (χ1v) is 7.65. The van der Waals surface area contributed by atoms with E-state index in [0.29, 0.717) is 19.1 Å². The molecule has 1 saturated heterocycles. The summed E-state index contributed by atoms with van der Waals surface area (Å²) in [6, 6.07) is 0.324. The molecule has 0 radical (unpaired) electrons. The zero-order chi connectivity index (χ0) is 13.8. The van der Waals surface area contributed by atoms with E-state index in [9.17, 15) is 4.79 Å². The van der Waals surface area contributed by atoms with Gasteiger partial charge in [-0.05, 0) is 26.8 Å². The van der Waals surface area contributed by atoms with Gasteiger partial charge in [-0.3, -0.25) is 4.79 Å². The molecule has 1 aliphatic heterocycles. The van der Waals surface area contributed by atoms with E-state index < -0.39 is 0 Å². The van der Waals surface area contributed by atoms with E-state index in [2.05, 4.69) is 34.4 Å². The summed E-state index contributed by atoms with van der Waals surface area (Å²) in [6.07, 6.45) is 1.13. The van der Waals surface area contributed by atoms with Crippen LogP contribution in [0.5, 0.6) is 0 Å². The van der Waals surface area contributed by atoms with Crippen molar-refractivity contribution in [1.29, 1.82) is 0 Å². The normalized spacial score (nSPS) is 17.4. The van der Waals surface area contributed by atoms with Crippen molar-refractivity contribution in [2.24, 2.45) is 0 Å². The van der Waals surface area contributed by atoms with Crippen molar-refractivity contribution >= 4 is 22.4 Å². The summed E-state index contributed by atoms with van der Waals surface area (Å²) in [5, 5.41) is 7.29. The number of nitrogens with one attached hydrogen (secondary N) is 2. The highest BCUT2D eigenvalue weighted by molar-refractivity contribution is 7.15. The highest BCUT2D eigenvalue weighted by Crippen LogP contribution is 2.30. The molecule has 19 heavy (non-hydrogen) atoms. The van der Waals surface area contributed by atoms with Crippen LogP contribution in [0.25, 0.3) is 0 Å². The van der Waals surface area contributed by atoms with E-state index in [4.69, 9.17) is 0 Å². The van der Waals surface area contributed by atoms with Crippen molar-refractivity contribution in [3.05, 3.63) is 10.6 Å². The van der Waals surface area contributed by atoms with Crippen molar-refractivity contribution in [2.45, 2.75) is 33.2 Å². The second-order valence-electron chi connectivity index (χ2n) is 4.89. The lowest BCUT2D eigenvalue weighted by Crippen LogP contribution is -2.47. The Labute approximate surface area is 118 Å². The first kappa shape index (κ1) is 14.3. The fraction of sp³-hybridized carbons (Fsp3) is 0.692. The van der Waals surface area contributed by atoms with Crippen LogP contribution in [0, 0.1) is 6.92 Å². The largest absolute Gasteiger partial charge is 0.353 e. The van der Waals surface area contributed by atoms with Crippen LogP contribution < -0.4 is 15.5 Å².